The molecule has 0 radical (unpaired) electrons. The molecule has 1 aliphatic rings. The molecule has 1 aromatic rings. The molecule has 1 aromatic heterocycles. The van der Waals surface area contributed by atoms with Crippen molar-refractivity contribution in [2.75, 3.05) is 33.2 Å². The number of rotatable bonds is 3. The van der Waals surface area contributed by atoms with Gasteiger partial charge in [0.25, 0.3) is 0 Å². The van der Waals surface area contributed by atoms with Crippen LogP contribution < -0.4 is 5.73 Å². The summed E-state index contributed by atoms with van der Waals surface area (Å²) in [5.74, 6) is -0.277. The molecule has 94 valence electrons. The van der Waals surface area contributed by atoms with Gasteiger partial charge in [-0.05, 0) is 18.7 Å². The average molecular weight is 238 g/mol. The molecule has 1 saturated heterocycles. The van der Waals surface area contributed by atoms with Gasteiger partial charge in [-0.1, -0.05) is 0 Å². The van der Waals surface area contributed by atoms with E-state index >= 15 is 0 Å². The van der Waals surface area contributed by atoms with Gasteiger partial charge in [-0.2, -0.15) is 0 Å². The number of pyridine rings is 1. The molecule has 1 fully saturated rings. The van der Waals surface area contributed by atoms with Gasteiger partial charge in [0.15, 0.2) is 0 Å². The van der Waals surface area contributed by atoms with Crippen molar-refractivity contribution in [1.29, 1.82) is 0 Å². The van der Waals surface area contributed by atoms with E-state index in [-0.39, 0.29) is 5.82 Å². The fraction of sp³-hybridized carbons (Fsp3) is 0.583. The zero-order chi connectivity index (χ0) is 12.3. The first kappa shape index (κ1) is 12.4. The number of likely N-dealkylation sites (N-methyl/N-ethyl adjacent to an activating group) is 1. The third-order valence-corrected chi connectivity index (χ3v) is 3.23. The summed E-state index contributed by atoms with van der Waals surface area (Å²) in [5.41, 5.74) is 6.69. The molecule has 2 N–H and O–H groups in total. The molecule has 1 unspecified atom stereocenters. The van der Waals surface area contributed by atoms with Crippen LogP contribution in [0.1, 0.15) is 5.56 Å². The summed E-state index contributed by atoms with van der Waals surface area (Å²) < 4.78 is 13.0. The second kappa shape index (κ2) is 5.53. The monoisotopic (exact) mass is 238 g/mol. The normalized spacial score (nSPS) is 22.9. The molecule has 5 heteroatoms. The van der Waals surface area contributed by atoms with Gasteiger partial charge < -0.3 is 10.6 Å². The van der Waals surface area contributed by atoms with Crippen LogP contribution in [0.15, 0.2) is 18.5 Å². The third-order valence-electron chi connectivity index (χ3n) is 3.23. The zero-order valence-corrected chi connectivity index (χ0v) is 10.1. The number of nitrogens with zero attached hydrogens (tertiary/aromatic N) is 3. The molecular weight excluding hydrogens is 219 g/mol. The summed E-state index contributed by atoms with van der Waals surface area (Å²) in [6, 6.07) is 1.89. The predicted octanol–water partition coefficient (Wildman–Crippen LogP) is 0.295. The Hall–Kier alpha value is -1.04. The van der Waals surface area contributed by atoms with Gasteiger partial charge in [0.05, 0.1) is 6.20 Å². The Morgan fingerprint density at radius 1 is 1.47 bits per heavy atom. The van der Waals surface area contributed by atoms with E-state index in [1.807, 2.05) is 0 Å². The molecule has 0 saturated carbocycles. The van der Waals surface area contributed by atoms with Crippen LogP contribution in [0.5, 0.6) is 0 Å². The van der Waals surface area contributed by atoms with Gasteiger partial charge in [-0.25, -0.2) is 4.39 Å². The minimum absolute atomic E-state index is 0.277. The quantitative estimate of drug-likeness (QED) is 0.822. The number of aromatic nitrogens is 1. The standard InChI is InChI=1S/C12H19FN4/c1-16-2-3-17(12(5-14)9-16)8-10-4-11(13)7-15-6-10/h4,6-7,12H,2-3,5,8-9,14H2,1H3. The van der Waals surface area contributed by atoms with Crippen molar-refractivity contribution < 1.29 is 4.39 Å². The highest BCUT2D eigenvalue weighted by Crippen LogP contribution is 2.12. The van der Waals surface area contributed by atoms with Crippen LogP contribution in [-0.4, -0.2) is 54.1 Å². The van der Waals surface area contributed by atoms with E-state index in [4.69, 9.17) is 5.73 Å². The lowest BCUT2D eigenvalue weighted by Gasteiger charge is -2.39. The number of hydrogen-bond acceptors (Lipinski definition) is 4. The summed E-state index contributed by atoms with van der Waals surface area (Å²) in [7, 11) is 2.10. The first-order valence-corrected chi connectivity index (χ1v) is 5.91. The maximum Gasteiger partial charge on any atom is 0.141 e. The topological polar surface area (TPSA) is 45.4 Å². The van der Waals surface area contributed by atoms with E-state index in [2.05, 4.69) is 21.8 Å². The maximum atomic E-state index is 13.0. The van der Waals surface area contributed by atoms with Crippen LogP contribution in [0.25, 0.3) is 0 Å². The molecule has 1 atom stereocenters. The Morgan fingerprint density at radius 2 is 2.29 bits per heavy atom. The van der Waals surface area contributed by atoms with E-state index in [0.29, 0.717) is 12.6 Å². The molecule has 2 rings (SSSR count). The molecule has 0 bridgehead atoms. The average Bonchev–Trinajstić information content (AvgIpc) is 2.31. The van der Waals surface area contributed by atoms with Crippen LogP contribution in [0.2, 0.25) is 0 Å². The number of hydrogen-bond donors (Lipinski definition) is 1. The molecule has 0 amide bonds. The van der Waals surface area contributed by atoms with Crippen molar-refractivity contribution in [3.05, 3.63) is 29.8 Å². The van der Waals surface area contributed by atoms with Crippen LogP contribution in [0.4, 0.5) is 4.39 Å². The molecule has 1 aliphatic heterocycles. The fourth-order valence-electron chi connectivity index (χ4n) is 2.26. The zero-order valence-electron chi connectivity index (χ0n) is 10.1. The molecule has 0 aromatic carbocycles. The minimum atomic E-state index is -0.277. The summed E-state index contributed by atoms with van der Waals surface area (Å²) >= 11 is 0. The molecule has 17 heavy (non-hydrogen) atoms. The van der Waals surface area contributed by atoms with Gasteiger partial charge in [-0.3, -0.25) is 9.88 Å². The molecule has 0 aliphatic carbocycles. The Labute approximate surface area is 101 Å². The van der Waals surface area contributed by atoms with E-state index in [1.54, 1.807) is 12.3 Å². The number of piperazine rings is 1. The molecular formula is C12H19FN4. The predicted molar refractivity (Wildman–Crippen MR) is 64.9 cm³/mol. The van der Waals surface area contributed by atoms with Crippen molar-refractivity contribution in [2.45, 2.75) is 12.6 Å². The summed E-state index contributed by atoms with van der Waals surface area (Å²) in [5, 5.41) is 0. The Morgan fingerprint density at radius 3 is 3.00 bits per heavy atom. The maximum absolute atomic E-state index is 13.0. The fourth-order valence-corrected chi connectivity index (χ4v) is 2.26. The highest BCUT2D eigenvalue weighted by molar-refractivity contribution is 5.10. The lowest BCUT2D eigenvalue weighted by molar-refractivity contribution is 0.0879. The van der Waals surface area contributed by atoms with Crippen molar-refractivity contribution in [3.8, 4) is 0 Å². The second-order valence-electron chi connectivity index (χ2n) is 4.63. The lowest BCUT2D eigenvalue weighted by Crippen LogP contribution is -2.54. The summed E-state index contributed by atoms with van der Waals surface area (Å²) in [6.07, 6.45) is 2.95. The smallest absolute Gasteiger partial charge is 0.141 e. The SMILES string of the molecule is CN1CCN(Cc2cncc(F)c2)C(CN)C1. The van der Waals surface area contributed by atoms with E-state index < -0.39 is 0 Å². The van der Waals surface area contributed by atoms with Crippen LogP contribution in [0.3, 0.4) is 0 Å². The first-order valence-electron chi connectivity index (χ1n) is 5.91. The van der Waals surface area contributed by atoms with E-state index in [9.17, 15) is 4.39 Å². The van der Waals surface area contributed by atoms with Crippen molar-refractivity contribution in [3.63, 3.8) is 0 Å². The number of halogens is 1. The van der Waals surface area contributed by atoms with Crippen molar-refractivity contribution in [2.24, 2.45) is 5.73 Å². The molecule has 2 heterocycles. The van der Waals surface area contributed by atoms with Crippen molar-refractivity contribution >= 4 is 0 Å². The molecule has 4 nitrogen and oxygen atoms in total. The van der Waals surface area contributed by atoms with Gasteiger partial charge in [0, 0.05) is 45.0 Å². The van der Waals surface area contributed by atoms with Crippen LogP contribution in [-0.2, 0) is 6.54 Å². The Balaban J connectivity index is 2.02. The largest absolute Gasteiger partial charge is 0.329 e. The lowest BCUT2D eigenvalue weighted by atomic mass is 10.1. The summed E-state index contributed by atoms with van der Waals surface area (Å²) in [4.78, 5) is 8.45. The highest BCUT2D eigenvalue weighted by atomic mass is 19.1. The van der Waals surface area contributed by atoms with Gasteiger partial charge in [-0.15, -0.1) is 0 Å². The van der Waals surface area contributed by atoms with Crippen LogP contribution >= 0.6 is 0 Å². The van der Waals surface area contributed by atoms with E-state index in [1.165, 1.54) is 6.20 Å². The second-order valence-corrected chi connectivity index (χ2v) is 4.63. The van der Waals surface area contributed by atoms with Gasteiger partial charge in [0.2, 0.25) is 0 Å². The van der Waals surface area contributed by atoms with Gasteiger partial charge >= 0.3 is 0 Å². The Bertz CT molecular complexity index is 371. The minimum Gasteiger partial charge on any atom is -0.329 e. The van der Waals surface area contributed by atoms with Gasteiger partial charge in [0.1, 0.15) is 5.82 Å². The third kappa shape index (κ3) is 3.21. The van der Waals surface area contributed by atoms with Crippen molar-refractivity contribution in [1.82, 2.24) is 14.8 Å². The number of nitrogens with two attached hydrogens (primary N) is 1. The highest BCUT2D eigenvalue weighted by Gasteiger charge is 2.23. The summed E-state index contributed by atoms with van der Waals surface area (Å²) in [6.45, 7) is 4.32. The van der Waals surface area contributed by atoms with E-state index in [0.717, 1.165) is 31.7 Å². The Kier molecular flexibility index (Phi) is 4.04. The first-order chi connectivity index (χ1) is 8.19. The van der Waals surface area contributed by atoms with Crippen LogP contribution in [0, 0.1) is 5.82 Å². The molecule has 0 spiro atoms.